The lowest BCUT2D eigenvalue weighted by molar-refractivity contribution is 0.734. The van der Waals surface area contributed by atoms with Crippen LogP contribution in [0, 0.1) is 6.92 Å². The Kier molecular flexibility index (Phi) is 4.96. The van der Waals surface area contributed by atoms with E-state index in [0.29, 0.717) is 0 Å². The molecule has 0 N–H and O–H groups in total. The standard InChI is InChI=1S/C26H21Br/c1-20-12-8-9-17-23(20)26(21-13-4-2-5-14-21,22-15-6-3-7-16-22)24-18-10-11-19-25(24)27/h2-19H,1H3. The zero-order valence-electron chi connectivity index (χ0n) is 15.3. The van der Waals surface area contributed by atoms with Crippen molar-refractivity contribution in [3.8, 4) is 0 Å². The van der Waals surface area contributed by atoms with E-state index in [1.165, 1.54) is 27.8 Å². The molecule has 0 nitrogen and oxygen atoms in total. The normalized spacial score (nSPS) is 11.3. The van der Waals surface area contributed by atoms with Crippen LogP contribution >= 0.6 is 15.9 Å². The molecule has 0 amide bonds. The Bertz CT molecular complexity index is 949. The first-order valence-corrected chi connectivity index (χ1v) is 9.96. The Balaban J connectivity index is 2.20. The zero-order chi connectivity index (χ0) is 18.7. The first-order chi connectivity index (χ1) is 13.2. The van der Waals surface area contributed by atoms with Gasteiger partial charge in [0, 0.05) is 4.47 Å². The van der Waals surface area contributed by atoms with E-state index in [4.69, 9.17) is 0 Å². The molecule has 0 aliphatic heterocycles. The highest BCUT2D eigenvalue weighted by Crippen LogP contribution is 2.48. The summed E-state index contributed by atoms with van der Waals surface area (Å²) in [5.41, 5.74) is 5.95. The lowest BCUT2D eigenvalue weighted by Crippen LogP contribution is -2.32. The Morgan fingerprint density at radius 1 is 0.519 bits per heavy atom. The minimum Gasteiger partial charge on any atom is -0.0622 e. The Hall–Kier alpha value is -2.64. The van der Waals surface area contributed by atoms with E-state index < -0.39 is 5.41 Å². The molecule has 0 aliphatic rings. The van der Waals surface area contributed by atoms with Gasteiger partial charge in [-0.1, -0.05) is 119 Å². The molecule has 132 valence electrons. The van der Waals surface area contributed by atoms with E-state index in [2.05, 4.69) is 132 Å². The van der Waals surface area contributed by atoms with Crippen molar-refractivity contribution >= 4 is 15.9 Å². The molecule has 0 radical (unpaired) electrons. The fourth-order valence-corrected chi connectivity index (χ4v) is 4.65. The molecular formula is C26H21Br. The predicted octanol–water partition coefficient (Wildman–Crippen LogP) is 7.14. The third-order valence-corrected chi connectivity index (χ3v) is 5.93. The van der Waals surface area contributed by atoms with Crippen molar-refractivity contribution < 1.29 is 0 Å². The van der Waals surface area contributed by atoms with Crippen LogP contribution in [-0.4, -0.2) is 0 Å². The van der Waals surface area contributed by atoms with Gasteiger partial charge in [-0.25, -0.2) is 0 Å². The van der Waals surface area contributed by atoms with Gasteiger partial charge in [-0.15, -0.1) is 0 Å². The summed E-state index contributed by atoms with van der Waals surface area (Å²) in [5.74, 6) is 0. The lowest BCUT2D eigenvalue weighted by atomic mass is 9.64. The highest BCUT2D eigenvalue weighted by molar-refractivity contribution is 9.10. The van der Waals surface area contributed by atoms with Gasteiger partial charge >= 0.3 is 0 Å². The minimum atomic E-state index is -0.395. The summed E-state index contributed by atoms with van der Waals surface area (Å²) in [6, 6.07) is 38.9. The maximum absolute atomic E-state index is 3.85. The maximum Gasteiger partial charge on any atom is 0.0715 e. The number of benzene rings is 4. The molecule has 0 unspecified atom stereocenters. The molecule has 0 heterocycles. The van der Waals surface area contributed by atoms with Crippen LogP contribution in [0.15, 0.2) is 114 Å². The smallest absolute Gasteiger partial charge is 0.0622 e. The molecule has 0 fully saturated rings. The summed E-state index contributed by atoms with van der Waals surface area (Å²) in [7, 11) is 0. The van der Waals surface area contributed by atoms with Crippen LogP contribution in [-0.2, 0) is 5.41 Å². The zero-order valence-corrected chi connectivity index (χ0v) is 16.9. The van der Waals surface area contributed by atoms with Gasteiger partial charge in [-0.05, 0) is 40.8 Å². The van der Waals surface area contributed by atoms with Crippen molar-refractivity contribution in [3.63, 3.8) is 0 Å². The van der Waals surface area contributed by atoms with Gasteiger partial charge in [0.25, 0.3) is 0 Å². The van der Waals surface area contributed by atoms with Crippen LogP contribution in [0.4, 0.5) is 0 Å². The number of rotatable bonds is 4. The van der Waals surface area contributed by atoms with Gasteiger partial charge in [0.05, 0.1) is 5.41 Å². The summed E-state index contributed by atoms with van der Waals surface area (Å²) < 4.78 is 1.11. The average molecular weight is 413 g/mol. The molecule has 1 heteroatoms. The van der Waals surface area contributed by atoms with Crippen LogP contribution in [0.25, 0.3) is 0 Å². The number of hydrogen-bond donors (Lipinski definition) is 0. The summed E-state index contributed by atoms with van der Waals surface area (Å²) in [6.45, 7) is 2.20. The van der Waals surface area contributed by atoms with E-state index in [-0.39, 0.29) is 0 Å². The molecule has 0 bridgehead atoms. The van der Waals surface area contributed by atoms with Crippen LogP contribution in [0.3, 0.4) is 0 Å². The molecule has 0 atom stereocenters. The third kappa shape index (κ3) is 3.02. The molecule has 27 heavy (non-hydrogen) atoms. The van der Waals surface area contributed by atoms with Gasteiger partial charge in [-0.3, -0.25) is 0 Å². The highest BCUT2D eigenvalue weighted by atomic mass is 79.9. The molecule has 4 aromatic rings. The molecular weight excluding hydrogens is 392 g/mol. The third-order valence-electron chi connectivity index (χ3n) is 5.24. The van der Waals surface area contributed by atoms with Crippen molar-refractivity contribution in [1.82, 2.24) is 0 Å². The summed E-state index contributed by atoms with van der Waals surface area (Å²) >= 11 is 3.85. The Morgan fingerprint density at radius 2 is 0.963 bits per heavy atom. The second-order valence-electron chi connectivity index (χ2n) is 6.78. The summed E-state index contributed by atoms with van der Waals surface area (Å²) in [4.78, 5) is 0. The van der Waals surface area contributed by atoms with Gasteiger partial charge in [0.1, 0.15) is 0 Å². The number of hydrogen-bond acceptors (Lipinski definition) is 0. The van der Waals surface area contributed by atoms with Crippen molar-refractivity contribution in [2.75, 3.05) is 0 Å². The van der Waals surface area contributed by atoms with Crippen LogP contribution in [0.2, 0.25) is 0 Å². The topological polar surface area (TPSA) is 0 Å². The van der Waals surface area contributed by atoms with E-state index in [1.54, 1.807) is 0 Å². The van der Waals surface area contributed by atoms with E-state index in [9.17, 15) is 0 Å². The highest BCUT2D eigenvalue weighted by Gasteiger charge is 2.40. The largest absolute Gasteiger partial charge is 0.0715 e. The van der Waals surface area contributed by atoms with Crippen molar-refractivity contribution in [2.24, 2.45) is 0 Å². The minimum absolute atomic E-state index is 0.395. The van der Waals surface area contributed by atoms with Gasteiger partial charge in [0.2, 0.25) is 0 Å². The van der Waals surface area contributed by atoms with Crippen molar-refractivity contribution in [2.45, 2.75) is 12.3 Å². The molecule has 0 saturated carbocycles. The second kappa shape index (κ2) is 7.54. The lowest BCUT2D eigenvalue weighted by Gasteiger charge is -2.38. The SMILES string of the molecule is Cc1ccccc1C(c1ccccc1)(c1ccccc1)c1ccccc1Br. The number of halogens is 1. The Morgan fingerprint density at radius 3 is 1.48 bits per heavy atom. The number of aryl methyl sites for hydroxylation is 1. The van der Waals surface area contributed by atoms with Crippen molar-refractivity contribution in [3.05, 3.63) is 141 Å². The molecule has 0 aliphatic carbocycles. The molecule has 4 aromatic carbocycles. The fraction of sp³-hybridized carbons (Fsp3) is 0.0769. The van der Waals surface area contributed by atoms with E-state index in [1.807, 2.05) is 0 Å². The molecule has 4 rings (SSSR count). The monoisotopic (exact) mass is 412 g/mol. The Labute approximate surface area is 169 Å². The molecule has 0 spiro atoms. The van der Waals surface area contributed by atoms with Gasteiger partial charge in [0.15, 0.2) is 0 Å². The van der Waals surface area contributed by atoms with E-state index >= 15 is 0 Å². The first kappa shape index (κ1) is 17.8. The second-order valence-corrected chi connectivity index (χ2v) is 7.63. The van der Waals surface area contributed by atoms with Crippen LogP contribution in [0.5, 0.6) is 0 Å². The van der Waals surface area contributed by atoms with Gasteiger partial charge in [-0.2, -0.15) is 0 Å². The average Bonchev–Trinajstić information content (AvgIpc) is 2.73. The van der Waals surface area contributed by atoms with Crippen molar-refractivity contribution in [1.29, 1.82) is 0 Å². The van der Waals surface area contributed by atoms with Gasteiger partial charge < -0.3 is 0 Å². The predicted molar refractivity (Wildman–Crippen MR) is 117 cm³/mol. The maximum atomic E-state index is 3.85. The van der Waals surface area contributed by atoms with E-state index in [0.717, 1.165) is 4.47 Å². The fourth-order valence-electron chi connectivity index (χ4n) is 4.07. The summed E-state index contributed by atoms with van der Waals surface area (Å²) in [6.07, 6.45) is 0. The first-order valence-electron chi connectivity index (χ1n) is 9.17. The molecule has 0 saturated heterocycles. The quantitative estimate of drug-likeness (QED) is 0.312. The van der Waals surface area contributed by atoms with Crippen LogP contribution in [0.1, 0.15) is 27.8 Å². The molecule has 0 aromatic heterocycles. The summed E-state index contributed by atoms with van der Waals surface area (Å²) in [5, 5.41) is 0. The van der Waals surface area contributed by atoms with Crippen LogP contribution < -0.4 is 0 Å².